The summed E-state index contributed by atoms with van der Waals surface area (Å²) in [4.78, 5) is 11.1. The van der Waals surface area contributed by atoms with Crippen molar-refractivity contribution in [3.05, 3.63) is 64.4 Å². The highest BCUT2D eigenvalue weighted by Crippen LogP contribution is 2.27. The monoisotopic (exact) mass is 407 g/mol. The highest BCUT2D eigenvalue weighted by atomic mass is 79.9. The summed E-state index contributed by atoms with van der Waals surface area (Å²) in [6.45, 7) is 0.377. The van der Waals surface area contributed by atoms with Crippen LogP contribution in [-0.4, -0.2) is 22.6 Å². The van der Waals surface area contributed by atoms with Crippen LogP contribution in [0.15, 0.2) is 64.5 Å². The summed E-state index contributed by atoms with van der Waals surface area (Å²) in [5, 5.41) is 20.7. The molecule has 2 rings (SSSR count). The van der Waals surface area contributed by atoms with Crippen molar-refractivity contribution in [3.63, 3.8) is 0 Å². The number of alkyl halides is 1. The van der Waals surface area contributed by atoms with Crippen LogP contribution in [-0.2, 0) is 4.74 Å². The van der Waals surface area contributed by atoms with E-state index in [0.29, 0.717) is 12.3 Å². The Balaban J connectivity index is 1.88. The lowest BCUT2D eigenvalue weighted by molar-refractivity contribution is -0.613. The molecule has 25 heavy (non-hydrogen) atoms. The average molecular weight is 408 g/mol. The Kier molecular flexibility index (Phi) is 7.94. The van der Waals surface area contributed by atoms with Gasteiger partial charge in [-0.1, -0.05) is 47.0 Å². The third-order valence-electron chi connectivity index (χ3n) is 3.84. The van der Waals surface area contributed by atoms with Crippen molar-refractivity contribution in [1.29, 1.82) is 0 Å². The van der Waals surface area contributed by atoms with Gasteiger partial charge < -0.3 is 4.74 Å². The molecule has 1 atom stereocenters. The van der Waals surface area contributed by atoms with Gasteiger partial charge in [-0.05, 0) is 37.1 Å². The number of hydrogen-bond donors (Lipinski definition) is 0. The van der Waals surface area contributed by atoms with Gasteiger partial charge in [0.15, 0.2) is 0 Å². The normalized spacial score (nSPS) is 20.0. The molecule has 1 unspecified atom stereocenters. The fraction of sp³-hybridized carbons (Fsp3) is 0.444. The lowest BCUT2D eigenvalue weighted by atomic mass is 10.0. The van der Waals surface area contributed by atoms with Crippen LogP contribution in [0, 0.1) is 10.1 Å². The number of benzene rings is 1. The van der Waals surface area contributed by atoms with E-state index in [9.17, 15) is 10.1 Å². The molecule has 0 amide bonds. The van der Waals surface area contributed by atoms with Crippen molar-refractivity contribution in [3.8, 4) is 0 Å². The largest absolute Gasteiger partial charge is 0.348 e. The van der Waals surface area contributed by atoms with Crippen LogP contribution >= 0.6 is 15.9 Å². The van der Waals surface area contributed by atoms with E-state index < -0.39 is 5.72 Å². The zero-order chi connectivity index (χ0) is 18.0. The van der Waals surface area contributed by atoms with E-state index >= 15 is 0 Å². The highest BCUT2D eigenvalue weighted by molar-refractivity contribution is 9.09. The van der Waals surface area contributed by atoms with Crippen molar-refractivity contribution in [2.24, 2.45) is 10.2 Å². The predicted molar refractivity (Wildman–Crippen MR) is 101 cm³/mol. The smallest absolute Gasteiger partial charge is 0.311 e. The van der Waals surface area contributed by atoms with Gasteiger partial charge >= 0.3 is 5.72 Å². The molecule has 0 heterocycles. The molecular formula is C18H22BrN3O3. The maximum atomic E-state index is 11.5. The molecule has 0 fully saturated rings. The summed E-state index contributed by atoms with van der Waals surface area (Å²) >= 11 is 3.39. The molecule has 1 aliphatic rings. The quantitative estimate of drug-likeness (QED) is 0.127. The molecular weight excluding hydrogens is 386 g/mol. The highest BCUT2D eigenvalue weighted by Gasteiger charge is 2.42. The Labute approximate surface area is 156 Å². The second-order valence-corrected chi connectivity index (χ2v) is 6.55. The van der Waals surface area contributed by atoms with Crippen LogP contribution in [0.2, 0.25) is 0 Å². The standard InChI is InChI=1S/C18H22BrN3O3/c19-14-6-1-2-7-15-25-18(22(23)24)12-10-17(11-13-18)21-20-16-8-4-3-5-9-16/h3-5,8-12H,1-2,6-7,13-15H2. The molecule has 0 aromatic heterocycles. The lowest BCUT2D eigenvalue weighted by Gasteiger charge is -2.23. The first-order valence-corrected chi connectivity index (χ1v) is 9.49. The summed E-state index contributed by atoms with van der Waals surface area (Å²) in [5.74, 6) is 0. The summed E-state index contributed by atoms with van der Waals surface area (Å²) in [6, 6.07) is 9.35. The second kappa shape index (κ2) is 10.2. The van der Waals surface area contributed by atoms with Crippen molar-refractivity contribution in [1.82, 2.24) is 0 Å². The molecule has 134 valence electrons. The minimum atomic E-state index is -1.48. The minimum absolute atomic E-state index is 0.154. The van der Waals surface area contributed by atoms with Crippen LogP contribution in [0.4, 0.5) is 5.69 Å². The van der Waals surface area contributed by atoms with E-state index in [1.807, 2.05) is 30.3 Å². The number of hydrogen-bond acceptors (Lipinski definition) is 5. The number of ether oxygens (including phenoxy) is 1. The van der Waals surface area contributed by atoms with Crippen molar-refractivity contribution < 1.29 is 9.66 Å². The molecule has 6 nitrogen and oxygen atoms in total. The summed E-state index contributed by atoms with van der Waals surface area (Å²) in [6.07, 6.45) is 8.96. The fourth-order valence-corrected chi connectivity index (χ4v) is 2.78. The first-order valence-electron chi connectivity index (χ1n) is 8.37. The van der Waals surface area contributed by atoms with E-state index in [0.717, 1.165) is 36.7 Å². The number of rotatable bonds is 10. The predicted octanol–water partition coefficient (Wildman–Crippen LogP) is 5.56. The molecule has 0 radical (unpaired) electrons. The summed E-state index contributed by atoms with van der Waals surface area (Å²) in [7, 11) is 0. The van der Waals surface area contributed by atoms with Gasteiger partial charge in [-0.25, -0.2) is 0 Å². The van der Waals surface area contributed by atoms with Gasteiger partial charge in [0.25, 0.3) is 0 Å². The van der Waals surface area contributed by atoms with Crippen LogP contribution < -0.4 is 0 Å². The Morgan fingerprint density at radius 2 is 1.92 bits per heavy atom. The molecule has 1 aromatic rings. The third kappa shape index (κ3) is 6.17. The minimum Gasteiger partial charge on any atom is -0.311 e. The summed E-state index contributed by atoms with van der Waals surface area (Å²) in [5.41, 5.74) is -0.147. The molecule has 0 spiro atoms. The van der Waals surface area contributed by atoms with Gasteiger partial charge in [-0.15, -0.1) is 0 Å². The zero-order valence-electron chi connectivity index (χ0n) is 14.0. The zero-order valence-corrected chi connectivity index (χ0v) is 15.6. The van der Waals surface area contributed by atoms with E-state index in [4.69, 9.17) is 4.74 Å². The van der Waals surface area contributed by atoms with Gasteiger partial charge in [-0.3, -0.25) is 10.1 Å². The maximum Gasteiger partial charge on any atom is 0.348 e. The molecule has 1 aliphatic carbocycles. The van der Waals surface area contributed by atoms with Crippen molar-refractivity contribution in [2.45, 2.75) is 37.8 Å². The van der Waals surface area contributed by atoms with Gasteiger partial charge in [0.2, 0.25) is 0 Å². The number of azo groups is 1. The Hall–Kier alpha value is -1.86. The van der Waals surface area contributed by atoms with E-state index in [2.05, 4.69) is 26.2 Å². The van der Waals surface area contributed by atoms with Crippen molar-refractivity contribution in [2.75, 3.05) is 11.9 Å². The number of allylic oxidation sites excluding steroid dienone is 1. The Bertz CT molecular complexity index is 646. The summed E-state index contributed by atoms with van der Waals surface area (Å²) < 4.78 is 5.61. The Morgan fingerprint density at radius 3 is 2.56 bits per heavy atom. The van der Waals surface area contributed by atoms with Gasteiger partial charge in [0, 0.05) is 11.4 Å². The topological polar surface area (TPSA) is 77.1 Å². The molecule has 7 heteroatoms. The molecule has 0 bridgehead atoms. The molecule has 0 saturated carbocycles. The number of unbranched alkanes of at least 4 members (excludes halogenated alkanes) is 3. The third-order valence-corrected chi connectivity index (χ3v) is 4.41. The first-order chi connectivity index (χ1) is 12.2. The molecule has 1 aromatic carbocycles. The van der Waals surface area contributed by atoms with Crippen LogP contribution in [0.5, 0.6) is 0 Å². The average Bonchev–Trinajstić information content (AvgIpc) is 2.64. The molecule has 0 N–H and O–H groups in total. The first kappa shape index (κ1) is 19.5. The number of nitrogens with zero attached hydrogens (tertiary/aromatic N) is 3. The van der Waals surface area contributed by atoms with Gasteiger partial charge in [0.05, 0.1) is 29.3 Å². The van der Waals surface area contributed by atoms with E-state index in [1.165, 1.54) is 6.08 Å². The maximum absolute atomic E-state index is 11.5. The molecule has 0 saturated heterocycles. The number of halogens is 1. The van der Waals surface area contributed by atoms with Crippen molar-refractivity contribution >= 4 is 21.6 Å². The van der Waals surface area contributed by atoms with E-state index in [1.54, 1.807) is 12.2 Å². The van der Waals surface area contributed by atoms with Gasteiger partial charge in [0.1, 0.15) is 0 Å². The van der Waals surface area contributed by atoms with Crippen LogP contribution in [0.1, 0.15) is 32.1 Å². The van der Waals surface area contributed by atoms with E-state index in [-0.39, 0.29) is 11.3 Å². The fourth-order valence-electron chi connectivity index (χ4n) is 2.38. The lowest BCUT2D eigenvalue weighted by Crippen LogP contribution is -2.40. The van der Waals surface area contributed by atoms with Crippen LogP contribution in [0.25, 0.3) is 0 Å². The van der Waals surface area contributed by atoms with Gasteiger partial charge in [-0.2, -0.15) is 10.2 Å². The molecule has 0 aliphatic heterocycles. The number of nitro groups is 1. The Morgan fingerprint density at radius 1 is 1.16 bits per heavy atom. The second-order valence-electron chi connectivity index (χ2n) is 5.76. The SMILES string of the molecule is O=[N+]([O-])C1(OCCCCCCBr)C=CC(N=Nc2ccccc2)=CC1. The van der Waals surface area contributed by atoms with Crippen LogP contribution in [0.3, 0.4) is 0 Å².